The monoisotopic (exact) mass is 415 g/mol. The lowest BCUT2D eigenvalue weighted by atomic mass is 9.74. The van der Waals surface area contributed by atoms with Crippen molar-refractivity contribution in [3.8, 4) is 6.07 Å². The van der Waals surface area contributed by atoms with Gasteiger partial charge in [0.05, 0.1) is 17.0 Å². The molecule has 2 aromatic carbocycles. The van der Waals surface area contributed by atoms with Gasteiger partial charge in [0.25, 0.3) is 0 Å². The number of nitriles is 1. The van der Waals surface area contributed by atoms with Crippen molar-refractivity contribution in [1.82, 2.24) is 0 Å². The Morgan fingerprint density at radius 2 is 1.77 bits per heavy atom. The molecule has 2 N–H and O–H groups in total. The normalized spacial score (nSPS) is 15.7. The van der Waals surface area contributed by atoms with E-state index in [1.807, 2.05) is 0 Å². The van der Waals surface area contributed by atoms with Crippen LogP contribution < -0.4 is 10.6 Å². The minimum Gasteiger partial charge on any atom is -0.381 e. The van der Waals surface area contributed by atoms with E-state index in [0.717, 1.165) is 18.2 Å². The number of rotatable bonds is 5. The summed E-state index contributed by atoms with van der Waals surface area (Å²) in [7, 11) is 0. The maximum atomic E-state index is 12.8. The van der Waals surface area contributed by atoms with Gasteiger partial charge in [0.1, 0.15) is 0 Å². The van der Waals surface area contributed by atoms with Gasteiger partial charge in [-0.1, -0.05) is 6.58 Å². The number of carbonyl (C=O) groups is 1. The lowest BCUT2D eigenvalue weighted by Gasteiger charge is -2.33. The Morgan fingerprint density at radius 1 is 1.13 bits per heavy atom. The van der Waals surface area contributed by atoms with E-state index in [4.69, 9.17) is 4.74 Å². The van der Waals surface area contributed by atoms with E-state index in [9.17, 15) is 23.2 Å². The summed E-state index contributed by atoms with van der Waals surface area (Å²) in [5, 5.41) is 15.8. The number of amides is 1. The minimum absolute atomic E-state index is 0.387. The highest BCUT2D eigenvalue weighted by Crippen LogP contribution is 2.41. The number of alkyl halides is 3. The van der Waals surface area contributed by atoms with Gasteiger partial charge < -0.3 is 15.4 Å². The van der Waals surface area contributed by atoms with Crippen LogP contribution in [0.25, 0.3) is 0 Å². The SMILES string of the molecule is C=CC(=O)Nc1ccc(Nc2ccc(C(F)(F)F)cc2)c(C2(C#N)CCOCC2)c1. The van der Waals surface area contributed by atoms with Gasteiger partial charge in [-0.3, -0.25) is 4.79 Å². The zero-order valence-corrected chi connectivity index (χ0v) is 16.1. The van der Waals surface area contributed by atoms with E-state index < -0.39 is 17.2 Å². The fourth-order valence-electron chi connectivity index (χ4n) is 3.38. The Labute approximate surface area is 172 Å². The minimum atomic E-state index is -4.42. The Kier molecular flexibility index (Phi) is 6.13. The first kappa shape index (κ1) is 21.4. The maximum absolute atomic E-state index is 12.8. The zero-order chi connectivity index (χ0) is 21.8. The molecule has 5 nitrogen and oxygen atoms in total. The van der Waals surface area contributed by atoms with Gasteiger partial charge in [-0.25, -0.2) is 0 Å². The molecular formula is C22H20F3N3O2. The van der Waals surface area contributed by atoms with Crippen LogP contribution in [-0.2, 0) is 21.1 Å². The molecule has 0 aromatic heterocycles. The molecule has 1 aliphatic heterocycles. The Hall–Kier alpha value is -3.31. The Balaban J connectivity index is 1.99. The molecule has 0 unspecified atom stereocenters. The van der Waals surface area contributed by atoms with E-state index in [1.165, 1.54) is 12.1 Å². The molecule has 1 saturated heterocycles. The molecule has 1 fully saturated rings. The van der Waals surface area contributed by atoms with E-state index in [0.29, 0.717) is 48.7 Å². The molecule has 1 amide bonds. The predicted octanol–water partition coefficient (Wildman–Crippen LogP) is 5.15. The van der Waals surface area contributed by atoms with E-state index in [-0.39, 0.29) is 5.91 Å². The maximum Gasteiger partial charge on any atom is 0.416 e. The number of halogens is 3. The zero-order valence-electron chi connectivity index (χ0n) is 16.1. The standard InChI is InChI=1S/C22H20F3N3O2/c1-2-20(29)28-17-7-8-19(18(13-17)21(14-26)9-11-30-12-10-21)27-16-5-3-15(4-6-16)22(23,24)25/h2-8,13,27H,1,9-12H2,(H,28,29). The summed E-state index contributed by atoms with van der Waals surface area (Å²) in [5.41, 5.74) is 0.585. The molecule has 0 aliphatic carbocycles. The molecule has 8 heteroatoms. The van der Waals surface area contributed by atoms with Crippen molar-refractivity contribution in [2.45, 2.75) is 24.4 Å². The first-order valence-corrected chi connectivity index (χ1v) is 9.29. The number of hydrogen-bond donors (Lipinski definition) is 2. The Bertz CT molecular complexity index is 973. The van der Waals surface area contributed by atoms with Crippen LogP contribution in [0, 0.1) is 11.3 Å². The summed E-state index contributed by atoms with van der Waals surface area (Å²) in [6.45, 7) is 4.25. The summed E-state index contributed by atoms with van der Waals surface area (Å²) in [5.74, 6) is -0.387. The van der Waals surface area contributed by atoms with Crippen molar-refractivity contribution in [3.05, 3.63) is 66.2 Å². The second-order valence-electron chi connectivity index (χ2n) is 6.96. The van der Waals surface area contributed by atoms with E-state index in [1.54, 1.807) is 18.2 Å². The quantitative estimate of drug-likeness (QED) is 0.663. The molecule has 2 aromatic rings. The number of nitrogens with zero attached hydrogens (tertiary/aromatic N) is 1. The summed E-state index contributed by atoms with van der Waals surface area (Å²) < 4.78 is 43.9. The molecule has 30 heavy (non-hydrogen) atoms. The average molecular weight is 415 g/mol. The van der Waals surface area contributed by atoms with Crippen LogP contribution in [-0.4, -0.2) is 19.1 Å². The predicted molar refractivity (Wildman–Crippen MR) is 107 cm³/mol. The average Bonchev–Trinajstić information content (AvgIpc) is 2.75. The van der Waals surface area contributed by atoms with E-state index in [2.05, 4.69) is 23.3 Å². The Morgan fingerprint density at radius 3 is 2.33 bits per heavy atom. The number of hydrogen-bond acceptors (Lipinski definition) is 4. The van der Waals surface area contributed by atoms with Crippen molar-refractivity contribution in [3.63, 3.8) is 0 Å². The lowest BCUT2D eigenvalue weighted by molar-refractivity contribution is -0.137. The molecule has 1 aliphatic rings. The summed E-state index contributed by atoms with van der Waals surface area (Å²) in [6.07, 6.45) is -2.35. The summed E-state index contributed by atoms with van der Waals surface area (Å²) in [6, 6.07) is 12.1. The summed E-state index contributed by atoms with van der Waals surface area (Å²) >= 11 is 0. The number of anilines is 3. The van der Waals surface area contributed by atoms with Crippen LogP contribution in [0.3, 0.4) is 0 Å². The number of ether oxygens (including phenoxy) is 1. The lowest BCUT2D eigenvalue weighted by Crippen LogP contribution is -2.33. The second-order valence-corrected chi connectivity index (χ2v) is 6.96. The van der Waals surface area contributed by atoms with Crippen LogP contribution in [0.2, 0.25) is 0 Å². The third-order valence-electron chi connectivity index (χ3n) is 5.04. The van der Waals surface area contributed by atoms with Crippen LogP contribution in [0.1, 0.15) is 24.0 Å². The number of nitrogens with one attached hydrogen (secondary N) is 2. The van der Waals surface area contributed by atoms with Crippen molar-refractivity contribution >= 4 is 23.0 Å². The third kappa shape index (κ3) is 4.63. The highest BCUT2D eigenvalue weighted by atomic mass is 19.4. The molecule has 0 atom stereocenters. The largest absolute Gasteiger partial charge is 0.416 e. The molecule has 0 saturated carbocycles. The summed E-state index contributed by atoms with van der Waals surface area (Å²) in [4.78, 5) is 11.7. The van der Waals surface area contributed by atoms with Gasteiger partial charge >= 0.3 is 6.18 Å². The fraction of sp³-hybridized carbons (Fsp3) is 0.273. The highest BCUT2D eigenvalue weighted by Gasteiger charge is 2.37. The molecule has 3 rings (SSSR count). The molecule has 156 valence electrons. The molecule has 0 radical (unpaired) electrons. The molecule has 0 spiro atoms. The molecular weight excluding hydrogens is 395 g/mol. The molecule has 0 bridgehead atoms. The van der Waals surface area contributed by atoms with Crippen molar-refractivity contribution in [2.24, 2.45) is 0 Å². The van der Waals surface area contributed by atoms with Gasteiger partial charge in [0.2, 0.25) is 5.91 Å². The first-order valence-electron chi connectivity index (χ1n) is 9.29. The van der Waals surface area contributed by atoms with Gasteiger partial charge in [0, 0.05) is 30.3 Å². The molecule has 1 heterocycles. The van der Waals surface area contributed by atoms with Gasteiger partial charge in [0.15, 0.2) is 0 Å². The van der Waals surface area contributed by atoms with Gasteiger partial charge in [-0.15, -0.1) is 0 Å². The van der Waals surface area contributed by atoms with Gasteiger partial charge in [-0.2, -0.15) is 18.4 Å². The van der Waals surface area contributed by atoms with Crippen molar-refractivity contribution in [1.29, 1.82) is 5.26 Å². The second kappa shape index (κ2) is 8.59. The highest BCUT2D eigenvalue weighted by molar-refractivity contribution is 5.99. The van der Waals surface area contributed by atoms with Gasteiger partial charge in [-0.05, 0) is 66.9 Å². The van der Waals surface area contributed by atoms with Crippen molar-refractivity contribution < 1.29 is 22.7 Å². The first-order chi connectivity index (χ1) is 14.3. The van der Waals surface area contributed by atoms with Crippen LogP contribution in [0.4, 0.5) is 30.2 Å². The third-order valence-corrected chi connectivity index (χ3v) is 5.04. The number of benzene rings is 2. The fourth-order valence-corrected chi connectivity index (χ4v) is 3.38. The topological polar surface area (TPSA) is 74.2 Å². The van der Waals surface area contributed by atoms with Crippen LogP contribution in [0.15, 0.2) is 55.1 Å². The van der Waals surface area contributed by atoms with Crippen LogP contribution in [0.5, 0.6) is 0 Å². The van der Waals surface area contributed by atoms with Crippen molar-refractivity contribution in [2.75, 3.05) is 23.8 Å². The van der Waals surface area contributed by atoms with Crippen LogP contribution >= 0.6 is 0 Å². The van der Waals surface area contributed by atoms with E-state index >= 15 is 0 Å². The number of carbonyl (C=O) groups excluding carboxylic acids is 1. The smallest absolute Gasteiger partial charge is 0.381 e.